The zero-order chi connectivity index (χ0) is 16.8. The van der Waals surface area contributed by atoms with E-state index in [1.807, 2.05) is 66.2 Å². The number of para-hydroxylation sites is 3. The molecule has 1 amide bonds. The fourth-order valence-electron chi connectivity index (χ4n) is 2.56. The molecule has 3 aromatic rings. The second-order valence-electron chi connectivity index (χ2n) is 5.62. The summed E-state index contributed by atoms with van der Waals surface area (Å²) in [5.74, 6) is 1.70. The van der Waals surface area contributed by atoms with Gasteiger partial charge in [0.25, 0.3) is 0 Å². The van der Waals surface area contributed by atoms with E-state index in [0.29, 0.717) is 26.0 Å². The molecule has 124 valence electrons. The van der Waals surface area contributed by atoms with Crippen molar-refractivity contribution in [1.82, 2.24) is 14.9 Å². The summed E-state index contributed by atoms with van der Waals surface area (Å²) < 4.78 is 7.59. The number of fused-ring (bicyclic) bond motifs is 1. The van der Waals surface area contributed by atoms with Crippen LogP contribution in [0, 0.1) is 0 Å². The normalized spacial score (nSPS) is 10.7. The van der Waals surface area contributed by atoms with E-state index >= 15 is 0 Å². The smallest absolute Gasteiger partial charge is 0.220 e. The Balaban J connectivity index is 1.43. The van der Waals surface area contributed by atoms with Crippen LogP contribution in [0.3, 0.4) is 0 Å². The Bertz CT molecular complexity index is 812. The summed E-state index contributed by atoms with van der Waals surface area (Å²) in [4.78, 5) is 16.5. The van der Waals surface area contributed by atoms with Crippen molar-refractivity contribution in [2.75, 3.05) is 6.61 Å². The third-order valence-corrected chi connectivity index (χ3v) is 3.88. The first kappa shape index (κ1) is 16.1. The topological polar surface area (TPSA) is 56.2 Å². The minimum Gasteiger partial charge on any atom is -0.494 e. The molecular formula is C19H21N3O2. The van der Waals surface area contributed by atoms with Gasteiger partial charge >= 0.3 is 0 Å². The van der Waals surface area contributed by atoms with Gasteiger partial charge in [-0.15, -0.1) is 0 Å². The number of carbonyl (C=O) groups excluding carboxylic acids is 1. The van der Waals surface area contributed by atoms with Gasteiger partial charge in [0.15, 0.2) is 0 Å². The molecule has 0 aliphatic heterocycles. The van der Waals surface area contributed by atoms with E-state index in [4.69, 9.17) is 4.74 Å². The molecule has 0 spiro atoms. The SMILES string of the molecule is Cn1c(CNC(=O)CCCOc2ccccc2)nc2ccccc21. The van der Waals surface area contributed by atoms with E-state index in [1.54, 1.807) is 0 Å². The fraction of sp³-hybridized carbons (Fsp3) is 0.263. The average molecular weight is 323 g/mol. The molecule has 0 saturated carbocycles. The van der Waals surface area contributed by atoms with Crippen LogP contribution in [0.5, 0.6) is 5.75 Å². The van der Waals surface area contributed by atoms with Crippen LogP contribution in [0.2, 0.25) is 0 Å². The van der Waals surface area contributed by atoms with E-state index in [0.717, 1.165) is 22.6 Å². The molecule has 0 bridgehead atoms. The van der Waals surface area contributed by atoms with Crippen LogP contribution in [-0.2, 0) is 18.4 Å². The van der Waals surface area contributed by atoms with Crippen molar-refractivity contribution < 1.29 is 9.53 Å². The van der Waals surface area contributed by atoms with Crippen LogP contribution in [0.25, 0.3) is 11.0 Å². The van der Waals surface area contributed by atoms with Crippen LogP contribution in [-0.4, -0.2) is 22.1 Å². The molecule has 0 aliphatic rings. The van der Waals surface area contributed by atoms with E-state index in [-0.39, 0.29) is 5.91 Å². The van der Waals surface area contributed by atoms with E-state index in [9.17, 15) is 4.79 Å². The predicted octanol–water partition coefficient (Wildman–Crippen LogP) is 3.05. The van der Waals surface area contributed by atoms with Crippen LogP contribution >= 0.6 is 0 Å². The Hall–Kier alpha value is -2.82. The number of amides is 1. The second kappa shape index (κ2) is 7.64. The Morgan fingerprint density at radius 1 is 1.12 bits per heavy atom. The van der Waals surface area contributed by atoms with Crippen molar-refractivity contribution in [3.63, 3.8) is 0 Å². The number of nitrogens with one attached hydrogen (secondary N) is 1. The molecule has 3 rings (SSSR count). The largest absolute Gasteiger partial charge is 0.494 e. The van der Waals surface area contributed by atoms with E-state index in [1.165, 1.54) is 0 Å². The molecule has 0 fully saturated rings. The monoisotopic (exact) mass is 323 g/mol. The van der Waals surface area contributed by atoms with Gasteiger partial charge in [-0.3, -0.25) is 4.79 Å². The van der Waals surface area contributed by atoms with Crippen molar-refractivity contribution in [2.24, 2.45) is 7.05 Å². The Morgan fingerprint density at radius 3 is 2.67 bits per heavy atom. The maximum Gasteiger partial charge on any atom is 0.220 e. The number of aryl methyl sites for hydroxylation is 1. The maximum atomic E-state index is 12.0. The standard InChI is InChI=1S/C19H21N3O2/c1-22-17-11-6-5-10-16(17)21-18(22)14-20-19(23)12-7-13-24-15-8-3-2-4-9-15/h2-6,8-11H,7,12-14H2,1H3,(H,20,23). The van der Waals surface area contributed by atoms with Gasteiger partial charge in [-0.25, -0.2) is 4.98 Å². The molecule has 0 atom stereocenters. The lowest BCUT2D eigenvalue weighted by Gasteiger charge is -2.07. The molecule has 0 radical (unpaired) electrons. The van der Waals surface area contributed by atoms with Gasteiger partial charge in [0, 0.05) is 13.5 Å². The first-order valence-corrected chi connectivity index (χ1v) is 8.09. The number of ether oxygens (including phenoxy) is 1. The van der Waals surface area contributed by atoms with Crippen LogP contribution < -0.4 is 10.1 Å². The number of hydrogen-bond donors (Lipinski definition) is 1. The lowest BCUT2D eigenvalue weighted by molar-refractivity contribution is -0.121. The fourth-order valence-corrected chi connectivity index (χ4v) is 2.56. The van der Waals surface area contributed by atoms with Gasteiger partial charge in [-0.1, -0.05) is 30.3 Å². The van der Waals surface area contributed by atoms with Crippen LogP contribution in [0.4, 0.5) is 0 Å². The molecule has 1 aromatic heterocycles. The number of hydrogen-bond acceptors (Lipinski definition) is 3. The highest BCUT2D eigenvalue weighted by molar-refractivity contribution is 5.77. The zero-order valence-electron chi connectivity index (χ0n) is 13.7. The number of carbonyl (C=O) groups is 1. The zero-order valence-corrected chi connectivity index (χ0v) is 13.7. The average Bonchev–Trinajstić information content (AvgIpc) is 2.94. The van der Waals surface area contributed by atoms with Crippen molar-refractivity contribution in [3.8, 4) is 5.75 Å². The minimum atomic E-state index is 0.0127. The molecule has 0 aliphatic carbocycles. The third-order valence-electron chi connectivity index (χ3n) is 3.88. The van der Waals surface area contributed by atoms with Gasteiger partial charge in [-0.2, -0.15) is 0 Å². The Kier molecular flexibility index (Phi) is 5.11. The minimum absolute atomic E-state index is 0.0127. The summed E-state index contributed by atoms with van der Waals surface area (Å²) >= 11 is 0. The molecule has 1 heterocycles. The van der Waals surface area contributed by atoms with Gasteiger partial charge in [0.05, 0.1) is 24.2 Å². The Labute approximate surface area is 141 Å². The summed E-state index contributed by atoms with van der Waals surface area (Å²) in [7, 11) is 1.96. The highest BCUT2D eigenvalue weighted by atomic mass is 16.5. The van der Waals surface area contributed by atoms with Gasteiger partial charge in [-0.05, 0) is 30.7 Å². The quantitative estimate of drug-likeness (QED) is 0.680. The molecule has 5 heteroatoms. The number of nitrogens with zero attached hydrogens (tertiary/aromatic N) is 2. The summed E-state index contributed by atoms with van der Waals surface area (Å²) in [6.07, 6.45) is 1.13. The Morgan fingerprint density at radius 2 is 1.88 bits per heavy atom. The molecular weight excluding hydrogens is 302 g/mol. The lowest BCUT2D eigenvalue weighted by Crippen LogP contribution is -2.24. The van der Waals surface area contributed by atoms with Gasteiger partial charge in [0.1, 0.15) is 11.6 Å². The summed E-state index contributed by atoms with van der Waals surface area (Å²) in [6, 6.07) is 17.6. The van der Waals surface area contributed by atoms with Crippen molar-refractivity contribution in [1.29, 1.82) is 0 Å². The van der Waals surface area contributed by atoms with Crippen molar-refractivity contribution in [3.05, 3.63) is 60.4 Å². The maximum absolute atomic E-state index is 12.0. The van der Waals surface area contributed by atoms with Crippen molar-refractivity contribution in [2.45, 2.75) is 19.4 Å². The third kappa shape index (κ3) is 3.93. The molecule has 5 nitrogen and oxygen atoms in total. The highest BCUT2D eigenvalue weighted by Gasteiger charge is 2.08. The molecule has 24 heavy (non-hydrogen) atoms. The predicted molar refractivity (Wildman–Crippen MR) is 93.7 cm³/mol. The molecule has 2 aromatic carbocycles. The molecule has 0 saturated heterocycles. The first-order valence-electron chi connectivity index (χ1n) is 8.09. The number of aromatic nitrogens is 2. The first-order chi connectivity index (χ1) is 11.7. The lowest BCUT2D eigenvalue weighted by atomic mass is 10.3. The number of imidazole rings is 1. The molecule has 1 N–H and O–H groups in total. The molecule has 0 unspecified atom stereocenters. The summed E-state index contributed by atoms with van der Waals surface area (Å²) in [5, 5.41) is 2.92. The van der Waals surface area contributed by atoms with Crippen molar-refractivity contribution >= 4 is 16.9 Å². The van der Waals surface area contributed by atoms with Gasteiger partial charge in [0.2, 0.25) is 5.91 Å². The summed E-state index contributed by atoms with van der Waals surface area (Å²) in [6.45, 7) is 0.966. The number of rotatable bonds is 7. The second-order valence-corrected chi connectivity index (χ2v) is 5.62. The van der Waals surface area contributed by atoms with Crippen LogP contribution in [0.1, 0.15) is 18.7 Å². The van der Waals surface area contributed by atoms with E-state index in [2.05, 4.69) is 10.3 Å². The highest BCUT2D eigenvalue weighted by Crippen LogP contribution is 2.14. The summed E-state index contributed by atoms with van der Waals surface area (Å²) in [5.41, 5.74) is 2.01. The van der Waals surface area contributed by atoms with E-state index < -0.39 is 0 Å². The van der Waals surface area contributed by atoms with Gasteiger partial charge < -0.3 is 14.6 Å². The number of benzene rings is 2. The van der Waals surface area contributed by atoms with Crippen LogP contribution in [0.15, 0.2) is 54.6 Å².